The number of nitrogens with one attached hydrogen (secondary N) is 4. The number of aromatic nitrogens is 4. The first-order valence-electron chi connectivity index (χ1n) is 19.0. The van der Waals surface area contributed by atoms with Crippen LogP contribution in [0, 0.1) is 5.92 Å². The SMILES string of the molecule is COC(=O)N[C@H](C(=O)N1CCCC1c1nc(-c2ccc(-c3ccc(-c4c[nH]c(C5C=CCN5C(=O)[C@H](NC(=O)OC)c5ccccc5)n4)cc3)cc2)c[nH]1)C(C)C. The Morgan fingerprint density at radius 2 is 1.28 bits per heavy atom. The number of benzene rings is 3. The van der Waals surface area contributed by atoms with Crippen LogP contribution in [0.2, 0.25) is 0 Å². The number of alkyl carbamates (subject to hydrolysis) is 2. The third-order valence-electron chi connectivity index (χ3n) is 10.5. The summed E-state index contributed by atoms with van der Waals surface area (Å²) in [7, 11) is 2.55. The number of hydrogen-bond donors (Lipinski definition) is 4. The van der Waals surface area contributed by atoms with Crippen LogP contribution in [0.1, 0.15) is 62.0 Å². The van der Waals surface area contributed by atoms with Crippen LogP contribution < -0.4 is 10.6 Å². The zero-order chi connectivity index (χ0) is 40.1. The number of H-pyrrole nitrogens is 2. The summed E-state index contributed by atoms with van der Waals surface area (Å²) in [5.41, 5.74) is 6.09. The van der Waals surface area contributed by atoms with Crippen molar-refractivity contribution in [3.05, 3.63) is 121 Å². The second-order valence-electron chi connectivity index (χ2n) is 14.4. The highest BCUT2D eigenvalue weighted by Crippen LogP contribution is 2.34. The lowest BCUT2D eigenvalue weighted by atomic mass is 10.0. The van der Waals surface area contributed by atoms with E-state index >= 15 is 0 Å². The quantitative estimate of drug-likeness (QED) is 0.107. The Morgan fingerprint density at radius 1 is 0.719 bits per heavy atom. The number of methoxy groups -OCH3 is 2. The van der Waals surface area contributed by atoms with Gasteiger partial charge in [0.15, 0.2) is 0 Å². The molecule has 0 bridgehead atoms. The largest absolute Gasteiger partial charge is 0.453 e. The van der Waals surface area contributed by atoms with Gasteiger partial charge in [-0.15, -0.1) is 0 Å². The Labute approximate surface area is 330 Å². The molecule has 3 aromatic carbocycles. The monoisotopic (exact) mass is 770 g/mol. The molecule has 294 valence electrons. The maximum absolute atomic E-state index is 13.8. The van der Waals surface area contributed by atoms with Gasteiger partial charge >= 0.3 is 12.2 Å². The highest BCUT2D eigenvalue weighted by atomic mass is 16.5. The molecule has 2 aliphatic rings. The van der Waals surface area contributed by atoms with E-state index in [4.69, 9.17) is 19.4 Å². The normalized spacial score (nSPS) is 17.4. The predicted molar refractivity (Wildman–Crippen MR) is 213 cm³/mol. The molecular weight excluding hydrogens is 725 g/mol. The average molecular weight is 771 g/mol. The van der Waals surface area contributed by atoms with E-state index in [-0.39, 0.29) is 23.8 Å². The van der Waals surface area contributed by atoms with Gasteiger partial charge in [-0.05, 0) is 35.4 Å². The Kier molecular flexibility index (Phi) is 11.5. The van der Waals surface area contributed by atoms with E-state index < -0.39 is 30.3 Å². The summed E-state index contributed by atoms with van der Waals surface area (Å²) in [5.74, 6) is 0.795. The third-order valence-corrected chi connectivity index (χ3v) is 10.5. The molecule has 2 aromatic heterocycles. The van der Waals surface area contributed by atoms with Gasteiger partial charge in [-0.2, -0.15) is 0 Å². The molecule has 2 aliphatic heterocycles. The molecule has 4 heterocycles. The summed E-state index contributed by atoms with van der Waals surface area (Å²) >= 11 is 0. The van der Waals surface area contributed by atoms with E-state index in [0.29, 0.717) is 30.3 Å². The number of nitrogens with zero attached hydrogens (tertiary/aromatic N) is 4. The summed E-state index contributed by atoms with van der Waals surface area (Å²) in [6.45, 7) is 4.75. The first-order valence-corrected chi connectivity index (χ1v) is 19.0. The van der Waals surface area contributed by atoms with E-state index in [1.807, 2.05) is 93.0 Å². The zero-order valence-corrected chi connectivity index (χ0v) is 32.3. The van der Waals surface area contributed by atoms with Gasteiger partial charge in [0.25, 0.3) is 5.91 Å². The van der Waals surface area contributed by atoms with Crippen LogP contribution in [0.4, 0.5) is 9.59 Å². The Hall–Kier alpha value is -6.70. The molecule has 4 atom stereocenters. The molecule has 7 rings (SSSR count). The van der Waals surface area contributed by atoms with Crippen molar-refractivity contribution in [3.8, 4) is 33.6 Å². The highest BCUT2D eigenvalue weighted by Gasteiger charge is 2.38. The summed E-state index contributed by atoms with van der Waals surface area (Å²) in [5, 5.41) is 5.37. The summed E-state index contributed by atoms with van der Waals surface area (Å²) in [6, 6.07) is 23.1. The number of rotatable bonds is 11. The first kappa shape index (κ1) is 38.6. The molecule has 14 heteroatoms. The van der Waals surface area contributed by atoms with Crippen molar-refractivity contribution in [2.75, 3.05) is 27.3 Å². The van der Waals surface area contributed by atoms with Crippen LogP contribution in [0.5, 0.6) is 0 Å². The number of amides is 4. The van der Waals surface area contributed by atoms with Gasteiger partial charge in [0.1, 0.15) is 29.8 Å². The van der Waals surface area contributed by atoms with E-state index in [1.165, 1.54) is 14.2 Å². The predicted octanol–water partition coefficient (Wildman–Crippen LogP) is 6.71. The Morgan fingerprint density at radius 3 is 1.88 bits per heavy atom. The van der Waals surface area contributed by atoms with Gasteiger partial charge in [-0.1, -0.05) is 105 Å². The molecule has 57 heavy (non-hydrogen) atoms. The molecule has 1 fully saturated rings. The van der Waals surface area contributed by atoms with Crippen molar-refractivity contribution in [2.24, 2.45) is 5.92 Å². The van der Waals surface area contributed by atoms with Crippen LogP contribution in [0.3, 0.4) is 0 Å². The minimum Gasteiger partial charge on any atom is -0.453 e. The molecule has 2 unspecified atom stereocenters. The van der Waals surface area contributed by atoms with E-state index in [1.54, 1.807) is 21.9 Å². The molecule has 0 spiro atoms. The minimum atomic E-state index is -0.921. The average Bonchev–Trinajstić information content (AvgIpc) is 4.09. The van der Waals surface area contributed by atoms with E-state index in [2.05, 4.69) is 32.7 Å². The van der Waals surface area contributed by atoms with Crippen LogP contribution in [0.15, 0.2) is 103 Å². The van der Waals surface area contributed by atoms with E-state index in [9.17, 15) is 19.2 Å². The van der Waals surface area contributed by atoms with Crippen LogP contribution in [-0.2, 0) is 19.1 Å². The number of likely N-dealkylation sites (tertiary alicyclic amines) is 1. The van der Waals surface area contributed by atoms with Crippen molar-refractivity contribution < 1.29 is 28.7 Å². The van der Waals surface area contributed by atoms with Gasteiger partial charge in [0, 0.05) is 36.6 Å². The van der Waals surface area contributed by atoms with Crippen LogP contribution in [-0.4, -0.2) is 87.1 Å². The van der Waals surface area contributed by atoms with Gasteiger partial charge in [-0.25, -0.2) is 19.6 Å². The van der Waals surface area contributed by atoms with Gasteiger partial charge < -0.3 is 39.9 Å². The minimum absolute atomic E-state index is 0.110. The van der Waals surface area contributed by atoms with Crippen molar-refractivity contribution in [3.63, 3.8) is 0 Å². The van der Waals surface area contributed by atoms with Crippen molar-refractivity contribution in [2.45, 2.75) is 50.9 Å². The summed E-state index contributed by atoms with van der Waals surface area (Å²) in [4.78, 5) is 71.3. The lowest BCUT2D eigenvalue weighted by Crippen LogP contribution is -2.51. The summed E-state index contributed by atoms with van der Waals surface area (Å²) in [6.07, 6.45) is 7.83. The van der Waals surface area contributed by atoms with Crippen molar-refractivity contribution in [1.82, 2.24) is 40.4 Å². The fourth-order valence-corrected chi connectivity index (χ4v) is 7.41. The fourth-order valence-electron chi connectivity index (χ4n) is 7.41. The zero-order valence-electron chi connectivity index (χ0n) is 32.3. The molecular formula is C43H46N8O6. The fraction of sp³-hybridized carbons (Fsp3) is 0.302. The molecule has 4 amide bonds. The second-order valence-corrected chi connectivity index (χ2v) is 14.4. The van der Waals surface area contributed by atoms with Gasteiger partial charge in [0.2, 0.25) is 5.91 Å². The number of imidazole rings is 2. The highest BCUT2D eigenvalue weighted by molar-refractivity contribution is 5.88. The van der Waals surface area contributed by atoms with Crippen LogP contribution in [0.25, 0.3) is 33.6 Å². The number of hydrogen-bond acceptors (Lipinski definition) is 8. The van der Waals surface area contributed by atoms with Crippen LogP contribution >= 0.6 is 0 Å². The molecule has 14 nitrogen and oxygen atoms in total. The number of ether oxygens (including phenoxy) is 2. The topological polar surface area (TPSA) is 175 Å². The molecule has 0 saturated carbocycles. The maximum Gasteiger partial charge on any atom is 0.407 e. The molecule has 1 saturated heterocycles. The Balaban J connectivity index is 1.01. The molecule has 0 aliphatic carbocycles. The standard InChI is InChI=1S/C43H46N8O6/c1-26(2)36(48-42(54)56-3)40(52)50-22-8-12-34(50)38-44-24-32(46-38)29-18-14-27(15-19-29)28-16-20-30(21-17-28)33-25-45-39(47-33)35-13-9-23-51(35)41(53)37(49-43(55)57-4)31-10-6-5-7-11-31/h5-7,9-11,13-21,24-26,34-37H,8,12,22-23H2,1-4H3,(H,44,46)(H,45,47)(H,48,54)(H,49,55)/t34?,35?,36-,37+/m0/s1. The second kappa shape index (κ2) is 17.0. The number of carbonyl (C=O) groups excluding carboxylic acids is 4. The van der Waals surface area contributed by atoms with Crippen molar-refractivity contribution in [1.29, 1.82) is 0 Å². The van der Waals surface area contributed by atoms with E-state index in [0.717, 1.165) is 46.5 Å². The number of aromatic amines is 2. The third kappa shape index (κ3) is 8.30. The summed E-state index contributed by atoms with van der Waals surface area (Å²) < 4.78 is 9.56. The lowest BCUT2D eigenvalue weighted by molar-refractivity contribution is -0.135. The lowest BCUT2D eigenvalue weighted by Gasteiger charge is -2.29. The first-order chi connectivity index (χ1) is 27.6. The number of carbonyl (C=O) groups is 4. The molecule has 0 radical (unpaired) electrons. The van der Waals surface area contributed by atoms with Gasteiger partial charge in [0.05, 0.1) is 31.6 Å². The van der Waals surface area contributed by atoms with Crippen molar-refractivity contribution >= 4 is 24.0 Å². The Bertz CT molecular complexity index is 2230. The molecule has 5 aromatic rings. The smallest absolute Gasteiger partial charge is 0.407 e. The van der Waals surface area contributed by atoms with Gasteiger partial charge in [-0.3, -0.25) is 9.59 Å². The maximum atomic E-state index is 13.8. The molecule has 4 N–H and O–H groups in total.